The molecule has 1 fully saturated rings. The lowest BCUT2D eigenvalue weighted by molar-refractivity contribution is -0.139. The van der Waals surface area contributed by atoms with Crippen LogP contribution in [0.25, 0.3) is 11.4 Å². The first-order chi connectivity index (χ1) is 12.2. The maximum Gasteiger partial charge on any atom is 0.249 e. The molecule has 25 heavy (non-hydrogen) atoms. The molecule has 0 spiro atoms. The number of amides is 1. The summed E-state index contributed by atoms with van der Waals surface area (Å²) in [6, 6.07) is 11.6. The van der Waals surface area contributed by atoms with Gasteiger partial charge in [-0.3, -0.25) is 9.78 Å². The lowest BCUT2D eigenvalue weighted by atomic mass is 10.0. The minimum atomic E-state index is -0.129. The second-order valence-electron chi connectivity index (χ2n) is 6.25. The fraction of sp³-hybridized carbons (Fsp3) is 0.263. The lowest BCUT2D eigenvalue weighted by Crippen LogP contribution is -2.46. The third kappa shape index (κ3) is 3.15. The number of likely N-dealkylation sites (tertiary alicyclic amines) is 1. The van der Waals surface area contributed by atoms with E-state index in [9.17, 15) is 4.79 Å². The molecule has 3 aromatic rings. The summed E-state index contributed by atoms with van der Waals surface area (Å²) in [5.41, 5.74) is 3.00. The molecule has 1 atom stereocenters. The number of carbonyl (C=O) groups excluding carboxylic acids is 1. The number of nitrogens with zero attached hydrogens (tertiary/aromatic N) is 4. The molecule has 6 nitrogen and oxygen atoms in total. The quantitative estimate of drug-likeness (QED) is 0.733. The highest BCUT2D eigenvalue weighted by atomic mass is 16.5. The molecule has 1 aromatic carbocycles. The van der Waals surface area contributed by atoms with Crippen LogP contribution in [0.5, 0.6) is 0 Å². The monoisotopic (exact) mass is 334 g/mol. The zero-order valence-electron chi connectivity index (χ0n) is 13.9. The predicted octanol–water partition coefficient (Wildman–Crippen LogP) is 2.96. The van der Waals surface area contributed by atoms with Crippen molar-refractivity contribution >= 4 is 5.91 Å². The first-order valence-electron chi connectivity index (χ1n) is 8.30. The van der Waals surface area contributed by atoms with Crippen molar-refractivity contribution in [3.05, 3.63) is 65.8 Å². The van der Waals surface area contributed by atoms with E-state index in [0.717, 1.165) is 24.1 Å². The zero-order chi connectivity index (χ0) is 17.2. The molecule has 126 valence electrons. The number of pyridine rings is 1. The second kappa shape index (κ2) is 6.47. The first-order valence-corrected chi connectivity index (χ1v) is 8.30. The van der Waals surface area contributed by atoms with E-state index in [1.54, 1.807) is 17.3 Å². The first kappa shape index (κ1) is 15.5. The van der Waals surface area contributed by atoms with E-state index in [1.165, 1.54) is 5.56 Å². The van der Waals surface area contributed by atoms with E-state index in [4.69, 9.17) is 4.52 Å². The van der Waals surface area contributed by atoms with Crippen molar-refractivity contribution < 1.29 is 9.32 Å². The van der Waals surface area contributed by atoms with E-state index >= 15 is 0 Å². The Morgan fingerprint density at radius 2 is 2.12 bits per heavy atom. The minimum absolute atomic E-state index is 0.0845. The second-order valence-corrected chi connectivity index (χ2v) is 6.25. The molecule has 0 unspecified atom stereocenters. The van der Waals surface area contributed by atoms with Crippen LogP contribution in [0.2, 0.25) is 0 Å². The molecule has 3 heterocycles. The number of rotatable bonds is 4. The van der Waals surface area contributed by atoms with Gasteiger partial charge in [0.15, 0.2) is 0 Å². The summed E-state index contributed by atoms with van der Waals surface area (Å²) in [6.07, 6.45) is 4.62. The van der Waals surface area contributed by atoms with Gasteiger partial charge < -0.3 is 9.42 Å². The molecule has 2 aromatic heterocycles. The third-order valence-corrected chi connectivity index (χ3v) is 4.46. The van der Waals surface area contributed by atoms with Crippen LogP contribution in [0.1, 0.15) is 29.5 Å². The molecule has 0 saturated carbocycles. The maximum atomic E-state index is 12.6. The predicted molar refractivity (Wildman–Crippen MR) is 91.5 cm³/mol. The molecule has 6 heteroatoms. The highest BCUT2D eigenvalue weighted by molar-refractivity contribution is 5.80. The summed E-state index contributed by atoms with van der Waals surface area (Å²) >= 11 is 0. The van der Waals surface area contributed by atoms with Gasteiger partial charge in [0.2, 0.25) is 17.6 Å². The molecule has 1 aliphatic heterocycles. The van der Waals surface area contributed by atoms with Crippen molar-refractivity contribution in [2.45, 2.75) is 25.8 Å². The van der Waals surface area contributed by atoms with E-state index < -0.39 is 0 Å². The Balaban J connectivity index is 1.46. The lowest BCUT2D eigenvalue weighted by Gasteiger charge is -2.38. The minimum Gasteiger partial charge on any atom is -0.337 e. The van der Waals surface area contributed by atoms with Crippen LogP contribution in [-0.4, -0.2) is 32.5 Å². The summed E-state index contributed by atoms with van der Waals surface area (Å²) in [5, 5.41) is 4.01. The van der Waals surface area contributed by atoms with E-state index in [2.05, 4.69) is 15.1 Å². The molecular formula is C19H18N4O2. The van der Waals surface area contributed by atoms with Gasteiger partial charge >= 0.3 is 0 Å². The maximum absolute atomic E-state index is 12.6. The van der Waals surface area contributed by atoms with Crippen LogP contribution in [0.4, 0.5) is 0 Å². The standard InChI is InChI=1S/C19H18N4O2/c1-13-4-6-14(7-5-13)11-17(24)23-10-8-16(23)19-21-18(22-25-19)15-3-2-9-20-12-15/h2-7,9,12,16H,8,10-11H2,1H3/t16-/m0/s1. The molecular weight excluding hydrogens is 316 g/mol. The van der Waals surface area contributed by atoms with Crippen LogP contribution in [-0.2, 0) is 11.2 Å². The van der Waals surface area contributed by atoms with Crippen LogP contribution in [0.15, 0.2) is 53.3 Å². The average molecular weight is 334 g/mol. The van der Waals surface area contributed by atoms with Crippen LogP contribution in [0, 0.1) is 6.92 Å². The van der Waals surface area contributed by atoms with Crippen molar-refractivity contribution in [2.24, 2.45) is 0 Å². The van der Waals surface area contributed by atoms with Crippen molar-refractivity contribution in [1.29, 1.82) is 0 Å². The Kier molecular flexibility index (Phi) is 4.01. The fourth-order valence-corrected chi connectivity index (χ4v) is 2.91. The normalized spacial score (nSPS) is 16.5. The highest BCUT2D eigenvalue weighted by Crippen LogP contribution is 2.33. The number of hydrogen-bond acceptors (Lipinski definition) is 5. The third-order valence-electron chi connectivity index (χ3n) is 4.46. The topological polar surface area (TPSA) is 72.1 Å². The van der Waals surface area contributed by atoms with Crippen molar-refractivity contribution in [3.8, 4) is 11.4 Å². The SMILES string of the molecule is Cc1ccc(CC(=O)N2CC[C@H]2c2nc(-c3cccnc3)no2)cc1. The van der Waals surface area contributed by atoms with Gasteiger partial charge in [-0.05, 0) is 31.0 Å². The highest BCUT2D eigenvalue weighted by Gasteiger charge is 2.37. The van der Waals surface area contributed by atoms with Gasteiger partial charge in [0.1, 0.15) is 6.04 Å². The van der Waals surface area contributed by atoms with Crippen LogP contribution in [0.3, 0.4) is 0 Å². The summed E-state index contributed by atoms with van der Waals surface area (Å²) < 4.78 is 5.39. The van der Waals surface area contributed by atoms with Crippen molar-refractivity contribution in [1.82, 2.24) is 20.0 Å². The molecule has 4 rings (SSSR count). The largest absolute Gasteiger partial charge is 0.337 e. The number of benzene rings is 1. The van der Waals surface area contributed by atoms with Crippen molar-refractivity contribution in [2.75, 3.05) is 6.54 Å². The van der Waals surface area contributed by atoms with E-state index in [-0.39, 0.29) is 11.9 Å². The molecule has 0 radical (unpaired) electrons. The van der Waals surface area contributed by atoms with Gasteiger partial charge in [0, 0.05) is 24.5 Å². The van der Waals surface area contributed by atoms with Gasteiger partial charge in [0.05, 0.1) is 6.42 Å². The summed E-state index contributed by atoms with van der Waals surface area (Å²) in [7, 11) is 0. The molecule has 1 saturated heterocycles. The van der Waals surface area contributed by atoms with Gasteiger partial charge in [-0.25, -0.2) is 0 Å². The Labute approximate surface area is 145 Å². The summed E-state index contributed by atoms with van der Waals surface area (Å²) in [6.45, 7) is 2.76. The molecule has 0 aliphatic carbocycles. The van der Waals surface area contributed by atoms with Crippen LogP contribution >= 0.6 is 0 Å². The fourth-order valence-electron chi connectivity index (χ4n) is 2.91. The Bertz CT molecular complexity index is 874. The smallest absolute Gasteiger partial charge is 0.249 e. The Morgan fingerprint density at radius 3 is 2.80 bits per heavy atom. The molecule has 1 amide bonds. The number of hydrogen-bond donors (Lipinski definition) is 0. The summed E-state index contributed by atoms with van der Waals surface area (Å²) in [4.78, 5) is 22.9. The molecule has 0 bridgehead atoms. The number of aryl methyl sites for hydroxylation is 1. The number of aromatic nitrogens is 3. The number of carbonyl (C=O) groups is 1. The van der Waals surface area contributed by atoms with Crippen LogP contribution < -0.4 is 0 Å². The van der Waals surface area contributed by atoms with Gasteiger partial charge in [-0.1, -0.05) is 35.0 Å². The Hall–Kier alpha value is -3.02. The molecule has 1 aliphatic rings. The van der Waals surface area contributed by atoms with E-state index in [1.807, 2.05) is 43.3 Å². The summed E-state index contributed by atoms with van der Waals surface area (Å²) in [5.74, 6) is 1.07. The Morgan fingerprint density at radius 1 is 1.28 bits per heavy atom. The zero-order valence-corrected chi connectivity index (χ0v) is 13.9. The van der Waals surface area contributed by atoms with Crippen molar-refractivity contribution in [3.63, 3.8) is 0 Å². The van der Waals surface area contributed by atoms with Gasteiger partial charge in [-0.2, -0.15) is 4.98 Å². The van der Waals surface area contributed by atoms with Gasteiger partial charge in [0.25, 0.3) is 0 Å². The van der Waals surface area contributed by atoms with Gasteiger partial charge in [-0.15, -0.1) is 0 Å². The molecule has 0 N–H and O–H groups in total. The van der Waals surface area contributed by atoms with E-state index in [0.29, 0.717) is 18.1 Å². The average Bonchev–Trinajstić information content (AvgIpc) is 3.06.